The van der Waals surface area contributed by atoms with Crippen molar-refractivity contribution in [2.45, 2.75) is 33.1 Å². The Morgan fingerprint density at radius 1 is 1.24 bits per heavy atom. The van der Waals surface area contributed by atoms with Gasteiger partial charge >= 0.3 is 5.97 Å². The van der Waals surface area contributed by atoms with Crippen LogP contribution in [0.2, 0.25) is 0 Å². The zero-order chi connectivity index (χ0) is 16.0. The SMILES string of the molecule is CC(C)=CCCC(CC(=O)c1cc(O)ccc1O)C(=O)O. The Bertz CT molecular complexity index is 556. The lowest BCUT2D eigenvalue weighted by Crippen LogP contribution is -2.18. The van der Waals surface area contributed by atoms with Gasteiger partial charge in [0.05, 0.1) is 11.5 Å². The molecule has 3 N–H and O–H groups in total. The summed E-state index contributed by atoms with van der Waals surface area (Å²) in [4.78, 5) is 23.3. The van der Waals surface area contributed by atoms with E-state index < -0.39 is 17.7 Å². The highest BCUT2D eigenvalue weighted by Gasteiger charge is 2.23. The van der Waals surface area contributed by atoms with E-state index in [9.17, 15) is 24.9 Å². The topological polar surface area (TPSA) is 94.8 Å². The molecule has 5 heteroatoms. The monoisotopic (exact) mass is 292 g/mol. The maximum absolute atomic E-state index is 12.1. The van der Waals surface area contributed by atoms with Crippen LogP contribution in [0.5, 0.6) is 11.5 Å². The van der Waals surface area contributed by atoms with Gasteiger partial charge in [-0.1, -0.05) is 11.6 Å². The Hall–Kier alpha value is -2.30. The van der Waals surface area contributed by atoms with E-state index in [1.807, 2.05) is 19.9 Å². The normalized spacial score (nSPS) is 11.7. The second-order valence-corrected chi connectivity index (χ2v) is 5.22. The maximum atomic E-state index is 12.1. The summed E-state index contributed by atoms with van der Waals surface area (Å²) in [5.41, 5.74) is 1.04. The van der Waals surface area contributed by atoms with Crippen LogP contribution in [0.15, 0.2) is 29.8 Å². The Morgan fingerprint density at radius 2 is 1.90 bits per heavy atom. The second-order valence-electron chi connectivity index (χ2n) is 5.22. The number of allylic oxidation sites excluding steroid dienone is 2. The average Bonchev–Trinajstić information content (AvgIpc) is 2.39. The summed E-state index contributed by atoms with van der Waals surface area (Å²) in [5, 5.41) is 28.1. The predicted octanol–water partition coefficient (Wildman–Crippen LogP) is 3.12. The molecule has 1 unspecified atom stereocenters. The molecule has 0 aromatic heterocycles. The number of aliphatic carboxylic acids is 1. The molecule has 0 bridgehead atoms. The second kappa shape index (κ2) is 7.47. The van der Waals surface area contributed by atoms with Gasteiger partial charge in [0, 0.05) is 6.42 Å². The van der Waals surface area contributed by atoms with E-state index in [0.29, 0.717) is 12.8 Å². The van der Waals surface area contributed by atoms with Gasteiger partial charge in [-0.3, -0.25) is 9.59 Å². The van der Waals surface area contributed by atoms with E-state index in [-0.39, 0.29) is 23.5 Å². The highest BCUT2D eigenvalue weighted by molar-refractivity contribution is 6.00. The number of aromatic hydroxyl groups is 2. The summed E-state index contributed by atoms with van der Waals surface area (Å²) in [7, 11) is 0. The van der Waals surface area contributed by atoms with Crippen LogP contribution in [0.3, 0.4) is 0 Å². The standard InChI is InChI=1S/C16H20O5/c1-10(2)4-3-5-11(16(20)21)8-15(19)13-9-12(17)6-7-14(13)18/h4,6-7,9,11,17-18H,3,5,8H2,1-2H3,(H,20,21). The molecule has 0 amide bonds. The van der Waals surface area contributed by atoms with Crippen molar-refractivity contribution in [3.63, 3.8) is 0 Å². The maximum Gasteiger partial charge on any atom is 0.306 e. The van der Waals surface area contributed by atoms with Crippen LogP contribution in [0, 0.1) is 5.92 Å². The molecule has 0 saturated carbocycles. The number of Topliss-reactive ketones (excluding diaryl/α,β-unsaturated/α-hetero) is 1. The van der Waals surface area contributed by atoms with Crippen molar-refractivity contribution in [3.8, 4) is 11.5 Å². The van der Waals surface area contributed by atoms with Gasteiger partial charge in [0.2, 0.25) is 0 Å². The lowest BCUT2D eigenvalue weighted by Gasteiger charge is -2.11. The summed E-state index contributed by atoms with van der Waals surface area (Å²) in [6, 6.07) is 3.61. The van der Waals surface area contributed by atoms with Crippen LogP contribution in [0.25, 0.3) is 0 Å². The fourth-order valence-corrected chi connectivity index (χ4v) is 1.97. The zero-order valence-electron chi connectivity index (χ0n) is 12.2. The van der Waals surface area contributed by atoms with Gasteiger partial charge in [-0.25, -0.2) is 0 Å². The van der Waals surface area contributed by atoms with Crippen LogP contribution in [0.1, 0.15) is 43.5 Å². The lowest BCUT2D eigenvalue weighted by molar-refractivity contribution is -0.141. The number of hydrogen-bond donors (Lipinski definition) is 3. The van der Waals surface area contributed by atoms with Crippen molar-refractivity contribution in [1.82, 2.24) is 0 Å². The summed E-state index contributed by atoms with van der Waals surface area (Å²) in [5.74, 6) is -2.74. The van der Waals surface area contributed by atoms with Gasteiger partial charge in [0.1, 0.15) is 11.5 Å². The molecule has 0 saturated heterocycles. The number of hydrogen-bond acceptors (Lipinski definition) is 4. The summed E-state index contributed by atoms with van der Waals surface area (Å²) < 4.78 is 0. The first-order valence-electron chi connectivity index (χ1n) is 6.72. The number of carboxylic acids is 1. The Morgan fingerprint density at radius 3 is 2.48 bits per heavy atom. The minimum absolute atomic E-state index is 0.0523. The summed E-state index contributed by atoms with van der Waals surface area (Å²) >= 11 is 0. The molecule has 1 aromatic carbocycles. The molecule has 0 aliphatic heterocycles. The molecule has 21 heavy (non-hydrogen) atoms. The van der Waals surface area contributed by atoms with Gasteiger partial charge in [-0.15, -0.1) is 0 Å². The number of ketones is 1. The van der Waals surface area contributed by atoms with Crippen molar-refractivity contribution in [2.75, 3.05) is 0 Å². The lowest BCUT2D eigenvalue weighted by atomic mass is 9.93. The van der Waals surface area contributed by atoms with Crippen LogP contribution < -0.4 is 0 Å². The highest BCUT2D eigenvalue weighted by Crippen LogP contribution is 2.25. The largest absolute Gasteiger partial charge is 0.508 e. The number of phenols is 2. The molecule has 0 aliphatic carbocycles. The Labute approximate surface area is 123 Å². The number of phenolic OH excluding ortho intramolecular Hbond substituents is 2. The van der Waals surface area contributed by atoms with E-state index in [2.05, 4.69) is 0 Å². The van der Waals surface area contributed by atoms with Gasteiger partial charge in [-0.05, 0) is 44.9 Å². The van der Waals surface area contributed by atoms with Crippen LogP contribution in [-0.4, -0.2) is 27.1 Å². The molecular formula is C16H20O5. The molecule has 1 atom stereocenters. The molecule has 0 radical (unpaired) electrons. The van der Waals surface area contributed by atoms with E-state index in [1.165, 1.54) is 12.1 Å². The Balaban J connectivity index is 2.79. The van der Waals surface area contributed by atoms with E-state index in [0.717, 1.165) is 11.6 Å². The number of carbonyl (C=O) groups is 2. The molecule has 0 aliphatic rings. The number of benzene rings is 1. The van der Waals surface area contributed by atoms with Gasteiger partial charge in [0.15, 0.2) is 5.78 Å². The van der Waals surface area contributed by atoms with Crippen molar-refractivity contribution in [3.05, 3.63) is 35.4 Å². The number of rotatable bonds is 7. The molecule has 0 heterocycles. The molecule has 0 fully saturated rings. The quantitative estimate of drug-likeness (QED) is 0.408. The highest BCUT2D eigenvalue weighted by atomic mass is 16.4. The first-order chi connectivity index (χ1) is 9.81. The van der Waals surface area contributed by atoms with E-state index >= 15 is 0 Å². The summed E-state index contributed by atoms with van der Waals surface area (Å²) in [6.07, 6.45) is 2.65. The predicted molar refractivity (Wildman–Crippen MR) is 78.5 cm³/mol. The number of carbonyl (C=O) groups excluding carboxylic acids is 1. The van der Waals surface area contributed by atoms with E-state index in [4.69, 9.17) is 0 Å². The fourth-order valence-electron chi connectivity index (χ4n) is 1.97. The third-order valence-corrected chi connectivity index (χ3v) is 3.13. The molecule has 1 rings (SSSR count). The minimum atomic E-state index is -1.04. The molecule has 114 valence electrons. The molecule has 5 nitrogen and oxygen atoms in total. The third-order valence-electron chi connectivity index (χ3n) is 3.13. The third kappa shape index (κ3) is 5.30. The van der Waals surface area contributed by atoms with Crippen LogP contribution in [0.4, 0.5) is 0 Å². The van der Waals surface area contributed by atoms with Crippen LogP contribution >= 0.6 is 0 Å². The van der Waals surface area contributed by atoms with Gasteiger partial charge < -0.3 is 15.3 Å². The van der Waals surface area contributed by atoms with Crippen molar-refractivity contribution >= 4 is 11.8 Å². The van der Waals surface area contributed by atoms with Crippen molar-refractivity contribution < 1.29 is 24.9 Å². The average molecular weight is 292 g/mol. The van der Waals surface area contributed by atoms with Crippen LogP contribution in [-0.2, 0) is 4.79 Å². The number of carboxylic acid groups (broad SMARTS) is 1. The van der Waals surface area contributed by atoms with E-state index in [1.54, 1.807) is 0 Å². The molecule has 0 spiro atoms. The summed E-state index contributed by atoms with van der Waals surface area (Å²) in [6.45, 7) is 3.84. The smallest absolute Gasteiger partial charge is 0.306 e. The van der Waals surface area contributed by atoms with Gasteiger partial charge in [0.25, 0.3) is 0 Å². The zero-order valence-corrected chi connectivity index (χ0v) is 12.2. The minimum Gasteiger partial charge on any atom is -0.508 e. The Kier molecular flexibility index (Phi) is 5.96. The first-order valence-corrected chi connectivity index (χ1v) is 6.72. The van der Waals surface area contributed by atoms with Crippen molar-refractivity contribution in [2.24, 2.45) is 5.92 Å². The van der Waals surface area contributed by atoms with Crippen molar-refractivity contribution in [1.29, 1.82) is 0 Å². The first kappa shape index (κ1) is 16.8. The fraction of sp³-hybridized carbons (Fsp3) is 0.375. The molecule has 1 aromatic rings. The van der Waals surface area contributed by atoms with Gasteiger partial charge in [-0.2, -0.15) is 0 Å². The molecular weight excluding hydrogens is 272 g/mol.